The quantitative estimate of drug-likeness (QED) is 0.794. The lowest BCUT2D eigenvalue weighted by Crippen LogP contribution is -2.50. The summed E-state index contributed by atoms with van der Waals surface area (Å²) in [5, 5.41) is 11.5. The number of aromatic nitrogens is 3. The summed E-state index contributed by atoms with van der Waals surface area (Å²) in [4.78, 5) is 26.0. The number of nitrogens with zero attached hydrogens (tertiary/aromatic N) is 4. The number of rotatable bonds is 7. The van der Waals surface area contributed by atoms with Gasteiger partial charge in [-0.3, -0.25) is 14.3 Å². The molecule has 1 aliphatic heterocycles. The number of carbonyl (C=O) groups excluding carboxylic acids is 2. The fourth-order valence-corrected chi connectivity index (χ4v) is 4.42. The molecule has 0 radical (unpaired) electrons. The Morgan fingerprint density at radius 3 is 2.56 bits per heavy atom. The minimum absolute atomic E-state index is 0.0646. The van der Waals surface area contributed by atoms with Gasteiger partial charge in [0, 0.05) is 38.7 Å². The molecule has 7 nitrogen and oxygen atoms in total. The molecule has 2 heterocycles. The Hall–Kier alpha value is -1.92. The molecule has 2 aliphatic rings. The Kier molecular flexibility index (Phi) is 6.85. The summed E-state index contributed by atoms with van der Waals surface area (Å²) in [7, 11) is 0. The van der Waals surface area contributed by atoms with E-state index in [1.54, 1.807) is 0 Å². The van der Waals surface area contributed by atoms with E-state index in [2.05, 4.69) is 21.8 Å². The number of hydrogen-bond acceptors (Lipinski definition) is 4. The van der Waals surface area contributed by atoms with E-state index < -0.39 is 0 Å². The maximum Gasteiger partial charge on any atom is 0.245 e. The normalized spacial score (nSPS) is 20.0. The molecule has 1 aliphatic carbocycles. The monoisotopic (exact) mass is 375 g/mol. The SMILES string of the molecule is CCC[C@@H](NC(C)=O)C(=O)N1CCC(Cn2cc(C3CCCC3)nn2)CC1. The lowest BCUT2D eigenvalue weighted by atomic mass is 9.96. The number of carbonyl (C=O) groups is 2. The highest BCUT2D eigenvalue weighted by Gasteiger charge is 2.29. The Morgan fingerprint density at radius 2 is 1.93 bits per heavy atom. The van der Waals surface area contributed by atoms with Gasteiger partial charge in [0.2, 0.25) is 11.8 Å². The van der Waals surface area contributed by atoms with Crippen LogP contribution in [0.5, 0.6) is 0 Å². The molecule has 2 amide bonds. The summed E-state index contributed by atoms with van der Waals surface area (Å²) in [5.41, 5.74) is 1.15. The van der Waals surface area contributed by atoms with Gasteiger partial charge in [0.1, 0.15) is 6.04 Å². The molecule has 7 heteroatoms. The Morgan fingerprint density at radius 1 is 1.22 bits per heavy atom. The van der Waals surface area contributed by atoms with Crippen molar-refractivity contribution in [2.24, 2.45) is 5.92 Å². The van der Waals surface area contributed by atoms with Crippen LogP contribution in [0.1, 0.15) is 76.8 Å². The molecule has 0 bridgehead atoms. The summed E-state index contributed by atoms with van der Waals surface area (Å²) < 4.78 is 1.99. The van der Waals surface area contributed by atoms with E-state index in [4.69, 9.17) is 0 Å². The van der Waals surface area contributed by atoms with Gasteiger partial charge < -0.3 is 10.2 Å². The molecule has 1 aromatic heterocycles. The zero-order valence-electron chi connectivity index (χ0n) is 16.7. The first-order valence-electron chi connectivity index (χ1n) is 10.5. The van der Waals surface area contributed by atoms with Crippen LogP contribution in [-0.2, 0) is 16.1 Å². The van der Waals surface area contributed by atoms with E-state index in [0.717, 1.165) is 44.6 Å². The first-order valence-corrected chi connectivity index (χ1v) is 10.5. The molecule has 150 valence electrons. The third-order valence-electron chi connectivity index (χ3n) is 5.95. The van der Waals surface area contributed by atoms with E-state index in [-0.39, 0.29) is 17.9 Å². The third-order valence-corrected chi connectivity index (χ3v) is 5.95. The predicted octanol–water partition coefficient (Wildman–Crippen LogP) is 2.48. The van der Waals surface area contributed by atoms with Gasteiger partial charge in [-0.2, -0.15) is 0 Å². The van der Waals surface area contributed by atoms with Crippen molar-refractivity contribution in [1.29, 1.82) is 0 Å². The number of nitrogens with one attached hydrogen (secondary N) is 1. The van der Waals surface area contributed by atoms with Crippen LogP contribution in [0, 0.1) is 5.92 Å². The first kappa shape index (κ1) is 19.8. The van der Waals surface area contributed by atoms with Gasteiger partial charge in [0.15, 0.2) is 0 Å². The fourth-order valence-electron chi connectivity index (χ4n) is 4.42. The summed E-state index contributed by atoms with van der Waals surface area (Å²) in [6.07, 6.45) is 10.8. The molecule has 1 N–H and O–H groups in total. The van der Waals surface area contributed by atoms with Gasteiger partial charge >= 0.3 is 0 Å². The minimum atomic E-state index is -0.381. The first-order chi connectivity index (χ1) is 13.1. The molecule has 1 atom stereocenters. The van der Waals surface area contributed by atoms with Gasteiger partial charge in [0.25, 0.3) is 0 Å². The van der Waals surface area contributed by atoms with Crippen LogP contribution in [0.2, 0.25) is 0 Å². The molecule has 1 saturated heterocycles. The van der Waals surface area contributed by atoms with E-state index in [9.17, 15) is 9.59 Å². The smallest absolute Gasteiger partial charge is 0.245 e. The van der Waals surface area contributed by atoms with Crippen molar-refractivity contribution in [3.8, 4) is 0 Å². The number of piperidine rings is 1. The Bertz CT molecular complexity index is 630. The molecular weight excluding hydrogens is 342 g/mol. The molecule has 3 rings (SSSR count). The van der Waals surface area contributed by atoms with Gasteiger partial charge in [-0.05, 0) is 38.0 Å². The Balaban J connectivity index is 1.48. The van der Waals surface area contributed by atoms with Crippen LogP contribution in [0.15, 0.2) is 6.20 Å². The molecule has 0 unspecified atom stereocenters. The zero-order valence-corrected chi connectivity index (χ0v) is 16.7. The van der Waals surface area contributed by atoms with Crippen LogP contribution in [0.4, 0.5) is 0 Å². The molecule has 1 aromatic rings. The van der Waals surface area contributed by atoms with Crippen molar-refractivity contribution in [2.75, 3.05) is 13.1 Å². The molecular formula is C20H33N5O2. The van der Waals surface area contributed by atoms with E-state index in [1.165, 1.54) is 32.6 Å². The molecule has 0 spiro atoms. The second-order valence-electron chi connectivity index (χ2n) is 8.16. The standard InChI is InChI=1S/C20H33N5O2/c1-3-6-18(21-15(2)26)20(27)24-11-9-16(10-12-24)13-25-14-19(22-23-25)17-7-4-5-8-17/h14,16-18H,3-13H2,1-2H3,(H,21,26)/t18-/m1/s1. The Labute approximate surface area is 161 Å². The maximum atomic E-state index is 12.7. The van der Waals surface area contributed by atoms with E-state index in [0.29, 0.717) is 18.3 Å². The predicted molar refractivity (Wildman–Crippen MR) is 103 cm³/mol. The second kappa shape index (κ2) is 9.33. The lowest BCUT2D eigenvalue weighted by molar-refractivity contribution is -0.137. The van der Waals surface area contributed by atoms with Gasteiger partial charge in [0.05, 0.1) is 5.69 Å². The average Bonchev–Trinajstić information content (AvgIpc) is 3.32. The molecule has 0 aromatic carbocycles. The van der Waals surface area contributed by atoms with Crippen molar-refractivity contribution in [2.45, 2.75) is 83.7 Å². The van der Waals surface area contributed by atoms with Gasteiger partial charge in [-0.15, -0.1) is 5.10 Å². The number of hydrogen-bond donors (Lipinski definition) is 1. The summed E-state index contributed by atoms with van der Waals surface area (Å²) in [6.45, 7) is 5.90. The highest BCUT2D eigenvalue weighted by Crippen LogP contribution is 2.32. The van der Waals surface area contributed by atoms with E-state index in [1.807, 2.05) is 16.5 Å². The summed E-state index contributed by atoms with van der Waals surface area (Å²) in [5.74, 6) is 1.05. The zero-order chi connectivity index (χ0) is 19.2. The largest absolute Gasteiger partial charge is 0.345 e. The van der Waals surface area contributed by atoms with E-state index >= 15 is 0 Å². The van der Waals surface area contributed by atoms with Crippen molar-refractivity contribution < 1.29 is 9.59 Å². The molecule has 1 saturated carbocycles. The van der Waals surface area contributed by atoms with Crippen LogP contribution in [-0.4, -0.2) is 50.8 Å². The van der Waals surface area contributed by atoms with Crippen molar-refractivity contribution in [3.05, 3.63) is 11.9 Å². The topological polar surface area (TPSA) is 80.1 Å². The van der Waals surface area contributed by atoms with Crippen molar-refractivity contribution in [3.63, 3.8) is 0 Å². The van der Waals surface area contributed by atoms with Crippen LogP contribution in [0.25, 0.3) is 0 Å². The number of amides is 2. The third kappa shape index (κ3) is 5.30. The lowest BCUT2D eigenvalue weighted by Gasteiger charge is -2.34. The maximum absolute atomic E-state index is 12.7. The van der Waals surface area contributed by atoms with Gasteiger partial charge in [-0.25, -0.2) is 0 Å². The molecule has 2 fully saturated rings. The summed E-state index contributed by atoms with van der Waals surface area (Å²) in [6, 6.07) is -0.381. The van der Waals surface area contributed by atoms with Crippen LogP contribution >= 0.6 is 0 Å². The van der Waals surface area contributed by atoms with Gasteiger partial charge in [-0.1, -0.05) is 31.4 Å². The summed E-state index contributed by atoms with van der Waals surface area (Å²) >= 11 is 0. The average molecular weight is 376 g/mol. The van der Waals surface area contributed by atoms with Crippen molar-refractivity contribution >= 4 is 11.8 Å². The second-order valence-corrected chi connectivity index (χ2v) is 8.16. The highest BCUT2D eigenvalue weighted by atomic mass is 16.2. The fraction of sp³-hybridized carbons (Fsp3) is 0.800. The minimum Gasteiger partial charge on any atom is -0.345 e. The van der Waals surface area contributed by atoms with Crippen LogP contribution in [0.3, 0.4) is 0 Å². The van der Waals surface area contributed by atoms with Crippen LogP contribution < -0.4 is 5.32 Å². The van der Waals surface area contributed by atoms with Crippen molar-refractivity contribution in [1.82, 2.24) is 25.2 Å². The number of likely N-dealkylation sites (tertiary alicyclic amines) is 1. The highest BCUT2D eigenvalue weighted by molar-refractivity contribution is 5.86. The molecule has 27 heavy (non-hydrogen) atoms.